The van der Waals surface area contributed by atoms with E-state index in [0.717, 1.165) is 4.47 Å². The minimum Gasteiger partial charge on any atom is -0.456 e. The van der Waals surface area contributed by atoms with Crippen molar-refractivity contribution in [2.24, 2.45) is 0 Å². The smallest absolute Gasteiger partial charge is 0.251 e. The first kappa shape index (κ1) is 19.6. The molecule has 7 heteroatoms. The van der Waals surface area contributed by atoms with Crippen LogP contribution in [0.1, 0.15) is 20.7 Å². The summed E-state index contributed by atoms with van der Waals surface area (Å²) in [6.07, 6.45) is 3.28. The predicted octanol–water partition coefficient (Wildman–Crippen LogP) is 3.80. The lowest BCUT2D eigenvalue weighted by Gasteiger charge is -2.09. The molecular formula is C21H18BrN3O3. The number of halogens is 1. The molecule has 0 fully saturated rings. The summed E-state index contributed by atoms with van der Waals surface area (Å²) in [5, 5.41) is 5.54. The molecule has 1 heterocycles. The average Bonchev–Trinajstić information content (AvgIpc) is 2.72. The molecule has 0 saturated heterocycles. The van der Waals surface area contributed by atoms with E-state index in [0.29, 0.717) is 35.7 Å². The number of aromatic nitrogens is 1. The largest absolute Gasteiger partial charge is 0.456 e. The number of nitrogens with one attached hydrogen (secondary N) is 2. The lowest BCUT2D eigenvalue weighted by molar-refractivity contribution is 0.0927. The predicted molar refractivity (Wildman–Crippen MR) is 110 cm³/mol. The van der Waals surface area contributed by atoms with Crippen LogP contribution in [0.3, 0.4) is 0 Å². The van der Waals surface area contributed by atoms with Crippen molar-refractivity contribution < 1.29 is 14.3 Å². The lowest BCUT2D eigenvalue weighted by atomic mass is 10.2. The zero-order valence-corrected chi connectivity index (χ0v) is 16.5. The molecule has 142 valence electrons. The third-order valence-electron chi connectivity index (χ3n) is 3.77. The van der Waals surface area contributed by atoms with E-state index in [1.54, 1.807) is 67.0 Å². The molecule has 1 aromatic heterocycles. The number of benzene rings is 2. The van der Waals surface area contributed by atoms with Crippen LogP contribution in [0.5, 0.6) is 11.5 Å². The van der Waals surface area contributed by atoms with Gasteiger partial charge in [-0.1, -0.05) is 22.0 Å². The Bertz CT molecular complexity index is 947. The van der Waals surface area contributed by atoms with Gasteiger partial charge in [-0.3, -0.25) is 14.6 Å². The Labute approximate surface area is 171 Å². The Morgan fingerprint density at radius 1 is 0.857 bits per heavy atom. The molecule has 3 aromatic rings. The van der Waals surface area contributed by atoms with Crippen molar-refractivity contribution in [3.05, 3.63) is 88.7 Å². The number of pyridine rings is 1. The number of amides is 2. The first-order valence-corrected chi connectivity index (χ1v) is 9.41. The number of carbonyl (C=O) groups excluding carboxylic acids is 2. The minimum absolute atomic E-state index is 0.188. The summed E-state index contributed by atoms with van der Waals surface area (Å²) in [6, 6.07) is 17.5. The Hall–Kier alpha value is -3.19. The summed E-state index contributed by atoms with van der Waals surface area (Å²) >= 11 is 3.33. The van der Waals surface area contributed by atoms with Crippen LogP contribution in [-0.4, -0.2) is 29.9 Å². The fourth-order valence-corrected chi connectivity index (χ4v) is 2.80. The number of hydrogen-bond acceptors (Lipinski definition) is 4. The highest BCUT2D eigenvalue weighted by atomic mass is 79.9. The second-order valence-electron chi connectivity index (χ2n) is 5.84. The van der Waals surface area contributed by atoms with Crippen LogP contribution in [0.25, 0.3) is 0 Å². The standard InChI is InChI=1S/C21H18BrN3O3/c22-17-4-1-3-16(13-17)21(27)25-12-11-24-20(26)15-6-8-18(9-7-15)28-19-5-2-10-23-14-19/h1-10,13-14H,11-12H2,(H,24,26)(H,25,27). The fourth-order valence-electron chi connectivity index (χ4n) is 2.40. The molecule has 0 aliphatic rings. The molecule has 0 bridgehead atoms. The van der Waals surface area contributed by atoms with Crippen molar-refractivity contribution in [3.8, 4) is 11.5 Å². The van der Waals surface area contributed by atoms with Crippen molar-refractivity contribution >= 4 is 27.7 Å². The first-order chi connectivity index (χ1) is 13.6. The lowest BCUT2D eigenvalue weighted by Crippen LogP contribution is -2.34. The molecule has 6 nitrogen and oxygen atoms in total. The maximum absolute atomic E-state index is 12.2. The van der Waals surface area contributed by atoms with Gasteiger partial charge in [-0.2, -0.15) is 0 Å². The minimum atomic E-state index is -0.218. The van der Waals surface area contributed by atoms with Gasteiger partial charge in [-0.25, -0.2) is 0 Å². The van der Waals surface area contributed by atoms with Gasteiger partial charge in [-0.15, -0.1) is 0 Å². The van der Waals surface area contributed by atoms with Gasteiger partial charge in [0.15, 0.2) is 0 Å². The van der Waals surface area contributed by atoms with E-state index in [1.165, 1.54) is 0 Å². The van der Waals surface area contributed by atoms with E-state index < -0.39 is 0 Å². The molecule has 2 N–H and O–H groups in total. The van der Waals surface area contributed by atoms with Crippen molar-refractivity contribution in [3.63, 3.8) is 0 Å². The summed E-state index contributed by atoms with van der Waals surface area (Å²) in [5.74, 6) is 0.837. The Morgan fingerprint density at radius 3 is 2.21 bits per heavy atom. The van der Waals surface area contributed by atoms with Gasteiger partial charge in [0, 0.05) is 34.9 Å². The van der Waals surface area contributed by atoms with Gasteiger partial charge in [-0.05, 0) is 54.6 Å². The van der Waals surface area contributed by atoms with Crippen LogP contribution in [0, 0.1) is 0 Å². The molecule has 28 heavy (non-hydrogen) atoms. The highest BCUT2D eigenvalue weighted by molar-refractivity contribution is 9.10. The van der Waals surface area contributed by atoms with Crippen LogP contribution < -0.4 is 15.4 Å². The van der Waals surface area contributed by atoms with Crippen molar-refractivity contribution in [1.29, 1.82) is 0 Å². The van der Waals surface area contributed by atoms with Gasteiger partial charge in [0.1, 0.15) is 11.5 Å². The second-order valence-corrected chi connectivity index (χ2v) is 6.75. The number of rotatable bonds is 7. The third-order valence-corrected chi connectivity index (χ3v) is 4.26. The molecular weight excluding hydrogens is 422 g/mol. The van der Waals surface area contributed by atoms with Crippen LogP contribution >= 0.6 is 15.9 Å². The summed E-state index contributed by atoms with van der Waals surface area (Å²) in [5.41, 5.74) is 1.07. The summed E-state index contributed by atoms with van der Waals surface area (Å²) < 4.78 is 6.48. The normalized spacial score (nSPS) is 10.2. The van der Waals surface area contributed by atoms with Crippen LogP contribution in [0.4, 0.5) is 0 Å². The summed E-state index contributed by atoms with van der Waals surface area (Å²) in [7, 11) is 0. The first-order valence-electron chi connectivity index (χ1n) is 8.62. The van der Waals surface area contributed by atoms with Crippen molar-refractivity contribution in [1.82, 2.24) is 15.6 Å². The number of hydrogen-bond donors (Lipinski definition) is 2. The average molecular weight is 440 g/mol. The SMILES string of the molecule is O=C(NCCNC(=O)c1cccc(Br)c1)c1ccc(Oc2cccnc2)cc1. The zero-order chi connectivity index (χ0) is 19.8. The van der Waals surface area contributed by atoms with Crippen molar-refractivity contribution in [2.75, 3.05) is 13.1 Å². The van der Waals surface area contributed by atoms with Gasteiger partial charge in [0.2, 0.25) is 0 Å². The molecule has 0 aliphatic heterocycles. The maximum Gasteiger partial charge on any atom is 0.251 e. The van der Waals surface area contributed by atoms with E-state index in [4.69, 9.17) is 4.74 Å². The highest BCUT2D eigenvalue weighted by Gasteiger charge is 2.07. The molecule has 0 saturated carbocycles. The van der Waals surface area contributed by atoms with Crippen LogP contribution in [-0.2, 0) is 0 Å². The van der Waals surface area contributed by atoms with Gasteiger partial charge < -0.3 is 15.4 Å². The molecule has 0 aliphatic carbocycles. The molecule has 2 amide bonds. The molecule has 3 rings (SSSR count). The Balaban J connectivity index is 1.44. The van der Waals surface area contributed by atoms with E-state index in [2.05, 4.69) is 31.5 Å². The Kier molecular flexibility index (Phi) is 6.75. The topological polar surface area (TPSA) is 80.3 Å². The molecule has 0 radical (unpaired) electrons. The maximum atomic E-state index is 12.2. The molecule has 0 atom stereocenters. The summed E-state index contributed by atoms with van der Waals surface area (Å²) in [6.45, 7) is 0.659. The molecule has 0 unspecified atom stereocenters. The monoisotopic (exact) mass is 439 g/mol. The number of nitrogens with zero attached hydrogens (tertiary/aromatic N) is 1. The highest BCUT2D eigenvalue weighted by Crippen LogP contribution is 2.20. The van der Waals surface area contributed by atoms with E-state index in [1.807, 2.05) is 6.07 Å². The number of carbonyl (C=O) groups is 2. The second kappa shape index (κ2) is 9.66. The van der Waals surface area contributed by atoms with Gasteiger partial charge in [0.05, 0.1) is 6.20 Å². The molecule has 0 spiro atoms. The van der Waals surface area contributed by atoms with E-state index >= 15 is 0 Å². The van der Waals surface area contributed by atoms with Gasteiger partial charge >= 0.3 is 0 Å². The van der Waals surface area contributed by atoms with Crippen molar-refractivity contribution in [2.45, 2.75) is 0 Å². The van der Waals surface area contributed by atoms with Crippen LogP contribution in [0.2, 0.25) is 0 Å². The zero-order valence-electron chi connectivity index (χ0n) is 14.9. The fraction of sp³-hybridized carbons (Fsp3) is 0.0952. The quantitative estimate of drug-likeness (QED) is 0.548. The Morgan fingerprint density at radius 2 is 1.57 bits per heavy atom. The van der Waals surface area contributed by atoms with E-state index in [9.17, 15) is 9.59 Å². The summed E-state index contributed by atoms with van der Waals surface area (Å²) in [4.78, 5) is 28.2. The number of ether oxygens (including phenoxy) is 1. The van der Waals surface area contributed by atoms with Gasteiger partial charge in [0.25, 0.3) is 11.8 Å². The molecule has 2 aromatic carbocycles. The van der Waals surface area contributed by atoms with Crippen LogP contribution in [0.15, 0.2) is 77.5 Å². The third kappa shape index (κ3) is 5.65. The van der Waals surface area contributed by atoms with E-state index in [-0.39, 0.29) is 11.8 Å².